The minimum Gasteiger partial charge on any atom is -0.478 e. The molecule has 1 fully saturated rings. The second kappa shape index (κ2) is 8.38. The van der Waals surface area contributed by atoms with Crippen molar-refractivity contribution >= 4 is 11.8 Å². The van der Waals surface area contributed by atoms with E-state index in [0.717, 1.165) is 30.0 Å². The predicted octanol–water partition coefficient (Wildman–Crippen LogP) is 2.84. The number of hydrogen-bond donors (Lipinski definition) is 2. The SMILES string of the molecule is O=C(O)c1cccc(-c2cc(N3CCOCC3)nc(-c3cccc(CO)c3)n2)c1. The Morgan fingerprint density at radius 1 is 1.00 bits per heavy atom. The van der Waals surface area contributed by atoms with Gasteiger partial charge in [-0.15, -0.1) is 0 Å². The minimum absolute atomic E-state index is 0.0650. The Morgan fingerprint density at radius 3 is 2.52 bits per heavy atom. The van der Waals surface area contributed by atoms with Crippen molar-refractivity contribution in [1.29, 1.82) is 0 Å². The van der Waals surface area contributed by atoms with Gasteiger partial charge in [0.05, 0.1) is 31.1 Å². The number of rotatable bonds is 5. The van der Waals surface area contributed by atoms with Gasteiger partial charge in [0.25, 0.3) is 0 Å². The molecule has 0 atom stereocenters. The van der Waals surface area contributed by atoms with E-state index in [0.29, 0.717) is 30.3 Å². The number of carboxylic acids is 1. The van der Waals surface area contributed by atoms with Crippen LogP contribution in [0.1, 0.15) is 15.9 Å². The molecule has 1 saturated heterocycles. The maximum Gasteiger partial charge on any atom is 0.335 e. The van der Waals surface area contributed by atoms with Gasteiger partial charge in [-0.1, -0.05) is 30.3 Å². The van der Waals surface area contributed by atoms with Gasteiger partial charge in [0, 0.05) is 30.3 Å². The van der Waals surface area contributed by atoms with Gasteiger partial charge in [-0.05, 0) is 23.8 Å². The lowest BCUT2D eigenvalue weighted by Crippen LogP contribution is -2.36. The van der Waals surface area contributed by atoms with Crippen molar-refractivity contribution < 1.29 is 19.7 Å². The standard InChI is InChI=1S/C22H21N3O4/c26-14-15-3-1-5-17(11-15)21-23-19(16-4-2-6-18(12-16)22(27)28)13-20(24-21)25-7-9-29-10-8-25/h1-6,11-13,26H,7-10,14H2,(H,27,28). The van der Waals surface area contributed by atoms with Gasteiger partial charge in [0.1, 0.15) is 5.82 Å². The zero-order chi connectivity index (χ0) is 20.2. The van der Waals surface area contributed by atoms with Crippen molar-refractivity contribution in [3.63, 3.8) is 0 Å². The first-order chi connectivity index (χ1) is 14.1. The van der Waals surface area contributed by atoms with Crippen LogP contribution in [0.25, 0.3) is 22.6 Å². The average Bonchev–Trinajstić information content (AvgIpc) is 2.79. The van der Waals surface area contributed by atoms with E-state index in [1.807, 2.05) is 36.4 Å². The molecule has 2 aromatic carbocycles. The number of aromatic carboxylic acids is 1. The molecule has 0 spiro atoms. The molecule has 2 N–H and O–H groups in total. The summed E-state index contributed by atoms with van der Waals surface area (Å²) in [6, 6.07) is 16.1. The molecule has 4 rings (SSSR count). The molecule has 0 bridgehead atoms. The van der Waals surface area contributed by atoms with E-state index in [-0.39, 0.29) is 12.2 Å². The Balaban J connectivity index is 1.83. The molecule has 1 aliphatic rings. The van der Waals surface area contributed by atoms with E-state index in [9.17, 15) is 15.0 Å². The summed E-state index contributed by atoms with van der Waals surface area (Å²) in [4.78, 5) is 23.0. The normalized spacial score (nSPS) is 14.0. The number of anilines is 1. The fourth-order valence-corrected chi connectivity index (χ4v) is 3.29. The molecule has 7 nitrogen and oxygen atoms in total. The van der Waals surface area contributed by atoms with Crippen molar-refractivity contribution in [3.05, 3.63) is 65.7 Å². The number of benzene rings is 2. The summed E-state index contributed by atoms with van der Waals surface area (Å²) in [5.74, 6) is 0.314. The number of aliphatic hydroxyl groups excluding tert-OH is 1. The summed E-state index contributed by atoms with van der Waals surface area (Å²) < 4.78 is 5.45. The van der Waals surface area contributed by atoms with E-state index in [1.54, 1.807) is 18.2 Å². The molecule has 0 aliphatic carbocycles. The highest BCUT2D eigenvalue weighted by atomic mass is 16.5. The lowest BCUT2D eigenvalue weighted by atomic mass is 10.1. The molecule has 148 valence electrons. The van der Waals surface area contributed by atoms with Crippen LogP contribution in [0.3, 0.4) is 0 Å². The molecule has 29 heavy (non-hydrogen) atoms. The van der Waals surface area contributed by atoms with Crippen LogP contribution in [0.2, 0.25) is 0 Å². The Morgan fingerprint density at radius 2 is 1.76 bits per heavy atom. The molecule has 1 aliphatic heterocycles. The fraction of sp³-hybridized carbons (Fsp3) is 0.227. The maximum absolute atomic E-state index is 11.4. The van der Waals surface area contributed by atoms with Gasteiger partial charge < -0.3 is 19.8 Å². The summed E-state index contributed by atoms with van der Waals surface area (Å²) in [5.41, 5.74) is 3.13. The third kappa shape index (κ3) is 4.26. The predicted molar refractivity (Wildman–Crippen MR) is 109 cm³/mol. The Bertz CT molecular complexity index is 1030. The molecule has 1 aromatic heterocycles. The van der Waals surface area contributed by atoms with E-state index in [2.05, 4.69) is 4.90 Å². The van der Waals surface area contributed by atoms with Gasteiger partial charge >= 0.3 is 5.97 Å². The number of aromatic nitrogens is 2. The zero-order valence-electron chi connectivity index (χ0n) is 15.8. The summed E-state index contributed by atoms with van der Waals surface area (Å²) in [6.45, 7) is 2.64. The van der Waals surface area contributed by atoms with E-state index in [1.165, 1.54) is 0 Å². The molecule has 0 radical (unpaired) electrons. The van der Waals surface area contributed by atoms with Crippen LogP contribution in [0.4, 0.5) is 5.82 Å². The van der Waals surface area contributed by atoms with Gasteiger partial charge in [-0.3, -0.25) is 0 Å². The molecule has 7 heteroatoms. The van der Waals surface area contributed by atoms with E-state index >= 15 is 0 Å². The van der Waals surface area contributed by atoms with Gasteiger partial charge in [-0.25, -0.2) is 14.8 Å². The maximum atomic E-state index is 11.4. The van der Waals surface area contributed by atoms with Crippen molar-refractivity contribution in [3.8, 4) is 22.6 Å². The monoisotopic (exact) mass is 391 g/mol. The van der Waals surface area contributed by atoms with E-state index in [4.69, 9.17) is 14.7 Å². The number of hydrogen-bond acceptors (Lipinski definition) is 6. The minimum atomic E-state index is -0.981. The number of ether oxygens (including phenoxy) is 1. The number of carbonyl (C=O) groups is 1. The molecule has 0 amide bonds. The van der Waals surface area contributed by atoms with Crippen LogP contribution >= 0.6 is 0 Å². The first-order valence-electron chi connectivity index (χ1n) is 9.40. The van der Waals surface area contributed by atoms with Gasteiger partial charge in [-0.2, -0.15) is 0 Å². The third-order valence-corrected chi connectivity index (χ3v) is 4.82. The summed E-state index contributed by atoms with van der Waals surface area (Å²) in [7, 11) is 0. The average molecular weight is 391 g/mol. The highest BCUT2D eigenvalue weighted by Gasteiger charge is 2.17. The molecule has 0 saturated carbocycles. The molecule has 0 unspecified atom stereocenters. The van der Waals surface area contributed by atoms with Crippen LogP contribution in [-0.4, -0.2) is 52.5 Å². The van der Waals surface area contributed by atoms with Gasteiger partial charge in [0.2, 0.25) is 0 Å². The van der Waals surface area contributed by atoms with Crippen LogP contribution in [0.5, 0.6) is 0 Å². The zero-order valence-corrected chi connectivity index (χ0v) is 15.8. The fourth-order valence-electron chi connectivity index (χ4n) is 3.29. The quantitative estimate of drug-likeness (QED) is 0.690. The number of morpholine rings is 1. The smallest absolute Gasteiger partial charge is 0.335 e. The van der Waals surface area contributed by atoms with Crippen LogP contribution in [-0.2, 0) is 11.3 Å². The first kappa shape index (κ1) is 19.0. The Labute approximate surface area is 168 Å². The van der Waals surface area contributed by atoms with Crippen LogP contribution in [0.15, 0.2) is 54.6 Å². The largest absolute Gasteiger partial charge is 0.478 e. The lowest BCUT2D eigenvalue weighted by Gasteiger charge is -2.28. The van der Waals surface area contributed by atoms with Crippen molar-refractivity contribution in [2.45, 2.75) is 6.61 Å². The van der Waals surface area contributed by atoms with Crippen molar-refractivity contribution in [2.24, 2.45) is 0 Å². The Hall–Kier alpha value is -3.29. The number of aliphatic hydroxyl groups is 1. The summed E-state index contributed by atoms with van der Waals surface area (Å²) in [6.07, 6.45) is 0. The van der Waals surface area contributed by atoms with Crippen molar-refractivity contribution in [2.75, 3.05) is 31.2 Å². The summed E-state index contributed by atoms with van der Waals surface area (Å²) in [5, 5.41) is 18.8. The Kier molecular flexibility index (Phi) is 5.50. The van der Waals surface area contributed by atoms with Gasteiger partial charge in [0.15, 0.2) is 5.82 Å². The van der Waals surface area contributed by atoms with Crippen molar-refractivity contribution in [1.82, 2.24) is 9.97 Å². The molecular formula is C22H21N3O4. The first-order valence-corrected chi connectivity index (χ1v) is 9.40. The lowest BCUT2D eigenvalue weighted by molar-refractivity contribution is 0.0697. The van der Waals surface area contributed by atoms with Crippen LogP contribution < -0.4 is 4.90 Å². The highest BCUT2D eigenvalue weighted by Crippen LogP contribution is 2.27. The summed E-state index contributed by atoms with van der Waals surface area (Å²) >= 11 is 0. The second-order valence-corrected chi connectivity index (χ2v) is 6.78. The second-order valence-electron chi connectivity index (χ2n) is 6.78. The third-order valence-electron chi connectivity index (χ3n) is 4.82. The van der Waals surface area contributed by atoms with Crippen LogP contribution in [0, 0.1) is 0 Å². The number of carboxylic acid groups (broad SMARTS) is 1. The highest BCUT2D eigenvalue weighted by molar-refractivity contribution is 5.89. The molecule has 2 heterocycles. The molecule has 3 aromatic rings. The topological polar surface area (TPSA) is 95.8 Å². The van der Waals surface area contributed by atoms with E-state index < -0.39 is 5.97 Å². The molecular weight excluding hydrogens is 370 g/mol. The number of nitrogens with zero attached hydrogens (tertiary/aromatic N) is 3.